The van der Waals surface area contributed by atoms with Gasteiger partial charge in [-0.2, -0.15) is 0 Å². The molecule has 0 saturated carbocycles. The van der Waals surface area contributed by atoms with Gasteiger partial charge in [0, 0.05) is 16.7 Å². The van der Waals surface area contributed by atoms with Gasteiger partial charge >= 0.3 is 0 Å². The van der Waals surface area contributed by atoms with Crippen molar-refractivity contribution in [2.24, 2.45) is 0 Å². The number of benzene rings is 1. The average Bonchev–Trinajstić information content (AvgIpc) is 2.76. The molecule has 7 heteroatoms. The molecule has 1 aliphatic rings. The molecule has 0 bridgehead atoms. The molecule has 3 nitrogen and oxygen atoms in total. The molecule has 17 heavy (non-hydrogen) atoms. The zero-order valence-corrected chi connectivity index (χ0v) is 11.7. The third kappa shape index (κ3) is 3.20. The van der Waals surface area contributed by atoms with Crippen molar-refractivity contribution in [3.05, 3.63) is 27.2 Å². The largest absolute Gasteiger partial charge is 0.322 e. The summed E-state index contributed by atoms with van der Waals surface area (Å²) >= 11 is 19.4. The minimum Gasteiger partial charge on any atom is -0.322 e. The lowest BCUT2D eigenvalue weighted by Crippen LogP contribution is -2.37. The van der Waals surface area contributed by atoms with Crippen molar-refractivity contribution in [3.63, 3.8) is 0 Å². The number of nitrogens with one attached hydrogen (secondary N) is 2. The highest BCUT2D eigenvalue weighted by Gasteiger charge is 2.23. The van der Waals surface area contributed by atoms with E-state index in [1.54, 1.807) is 23.9 Å². The molecule has 1 fully saturated rings. The lowest BCUT2D eigenvalue weighted by molar-refractivity contribution is -0.117. The van der Waals surface area contributed by atoms with Crippen LogP contribution in [-0.2, 0) is 4.79 Å². The molecule has 0 radical (unpaired) electrons. The lowest BCUT2D eigenvalue weighted by Gasteiger charge is -2.13. The third-order valence-electron chi connectivity index (χ3n) is 2.29. The molecule has 1 atom stereocenters. The molecule has 0 spiro atoms. The number of carbonyl (C=O) groups excluding carboxylic acids is 1. The summed E-state index contributed by atoms with van der Waals surface area (Å²) in [6.07, 6.45) is 0. The summed E-state index contributed by atoms with van der Waals surface area (Å²) in [6.45, 7) is 0. The van der Waals surface area contributed by atoms with Crippen LogP contribution in [0.1, 0.15) is 0 Å². The number of amides is 1. The Morgan fingerprint density at radius 3 is 2.53 bits per heavy atom. The van der Waals surface area contributed by atoms with Crippen LogP contribution < -0.4 is 10.6 Å². The van der Waals surface area contributed by atoms with Gasteiger partial charge in [0.1, 0.15) is 0 Å². The minimum atomic E-state index is -0.206. The Balaban J connectivity index is 2.15. The minimum absolute atomic E-state index is 0.138. The highest BCUT2D eigenvalue weighted by atomic mass is 35.5. The molecular weight excluding hydrogens is 303 g/mol. The van der Waals surface area contributed by atoms with Crippen LogP contribution in [0.25, 0.3) is 0 Å². The maximum atomic E-state index is 11.9. The summed E-state index contributed by atoms with van der Waals surface area (Å²) < 4.78 is 0. The first-order valence-electron chi connectivity index (χ1n) is 4.84. The van der Waals surface area contributed by atoms with E-state index < -0.39 is 0 Å². The molecule has 92 valence electrons. The van der Waals surface area contributed by atoms with Gasteiger partial charge in [0.15, 0.2) is 0 Å². The van der Waals surface area contributed by atoms with Crippen molar-refractivity contribution in [2.75, 3.05) is 16.9 Å². The number of hydrogen-bond acceptors (Lipinski definition) is 3. The highest BCUT2D eigenvalue weighted by molar-refractivity contribution is 7.99. The number of halogens is 3. The highest BCUT2D eigenvalue weighted by Crippen LogP contribution is 2.33. The van der Waals surface area contributed by atoms with Crippen LogP contribution in [-0.4, -0.2) is 23.6 Å². The van der Waals surface area contributed by atoms with E-state index in [0.717, 1.165) is 11.6 Å². The molecule has 1 aromatic carbocycles. The molecule has 0 aromatic heterocycles. The van der Waals surface area contributed by atoms with Crippen molar-refractivity contribution in [3.8, 4) is 0 Å². The molecule has 1 aromatic rings. The summed E-state index contributed by atoms with van der Waals surface area (Å²) in [6, 6.07) is 2.88. The number of anilines is 1. The first-order valence-corrected chi connectivity index (χ1v) is 7.13. The second-order valence-electron chi connectivity index (χ2n) is 3.51. The van der Waals surface area contributed by atoms with E-state index in [-0.39, 0.29) is 11.9 Å². The topological polar surface area (TPSA) is 41.1 Å². The van der Waals surface area contributed by atoms with Crippen LogP contribution in [0.5, 0.6) is 0 Å². The van der Waals surface area contributed by atoms with Crippen LogP contribution >= 0.6 is 46.6 Å². The Hall–Kier alpha value is -0.130. The summed E-state index contributed by atoms with van der Waals surface area (Å²) in [4.78, 5) is 11.9. The average molecular weight is 312 g/mol. The first-order chi connectivity index (χ1) is 8.08. The van der Waals surface area contributed by atoms with Crippen LogP contribution in [0.3, 0.4) is 0 Å². The van der Waals surface area contributed by atoms with Crippen molar-refractivity contribution >= 4 is 58.2 Å². The number of hydrogen-bond donors (Lipinski definition) is 2. The van der Waals surface area contributed by atoms with Gasteiger partial charge in [0.25, 0.3) is 0 Å². The van der Waals surface area contributed by atoms with E-state index in [9.17, 15) is 4.79 Å². The summed E-state index contributed by atoms with van der Waals surface area (Å²) in [5.41, 5.74) is 0.404. The predicted molar refractivity (Wildman–Crippen MR) is 74.4 cm³/mol. The van der Waals surface area contributed by atoms with Crippen molar-refractivity contribution < 1.29 is 4.79 Å². The summed E-state index contributed by atoms with van der Waals surface area (Å²) in [5.74, 6) is 1.38. The molecule has 2 N–H and O–H groups in total. The van der Waals surface area contributed by atoms with Crippen LogP contribution in [0.15, 0.2) is 12.1 Å². The van der Waals surface area contributed by atoms with Gasteiger partial charge in [-0.15, -0.1) is 11.8 Å². The summed E-state index contributed by atoms with van der Waals surface area (Å²) in [7, 11) is 0. The zero-order valence-electron chi connectivity index (χ0n) is 8.60. The fourth-order valence-corrected chi connectivity index (χ4v) is 3.29. The Labute approximate surface area is 118 Å². The molecule has 0 aliphatic carbocycles. The van der Waals surface area contributed by atoms with Gasteiger partial charge in [-0.25, -0.2) is 0 Å². The van der Waals surface area contributed by atoms with Gasteiger partial charge in [-0.05, 0) is 12.1 Å². The monoisotopic (exact) mass is 310 g/mol. The van der Waals surface area contributed by atoms with Gasteiger partial charge in [0.2, 0.25) is 5.91 Å². The van der Waals surface area contributed by atoms with E-state index in [1.165, 1.54) is 0 Å². The Kier molecular flexibility index (Phi) is 4.44. The standard InChI is InChI=1S/C10H9Cl3N2OS/c11-5-1-6(12)9(7(13)2-5)15-10(16)8-3-17-4-14-8/h1-2,8,14H,3-4H2,(H,15,16). The number of carbonyl (C=O) groups is 1. The summed E-state index contributed by atoms with van der Waals surface area (Å²) in [5, 5.41) is 6.88. The van der Waals surface area contributed by atoms with Gasteiger partial charge in [-0.1, -0.05) is 34.8 Å². The van der Waals surface area contributed by atoms with E-state index in [1.807, 2.05) is 0 Å². The van der Waals surface area contributed by atoms with Gasteiger partial charge < -0.3 is 5.32 Å². The second kappa shape index (κ2) is 5.67. The predicted octanol–water partition coefficient (Wildman–Crippen LogP) is 3.25. The zero-order chi connectivity index (χ0) is 12.4. The first kappa shape index (κ1) is 13.3. The van der Waals surface area contributed by atoms with Crippen molar-refractivity contribution in [1.82, 2.24) is 5.32 Å². The number of rotatable bonds is 2. The molecular formula is C10H9Cl3N2OS. The van der Waals surface area contributed by atoms with Crippen LogP contribution in [0.4, 0.5) is 5.69 Å². The fraction of sp³-hybridized carbons (Fsp3) is 0.300. The van der Waals surface area contributed by atoms with Crippen LogP contribution in [0, 0.1) is 0 Å². The van der Waals surface area contributed by atoms with E-state index in [0.29, 0.717) is 20.8 Å². The molecule has 1 heterocycles. The third-order valence-corrected chi connectivity index (χ3v) is 4.04. The molecule has 2 rings (SSSR count). The number of thioether (sulfide) groups is 1. The van der Waals surface area contributed by atoms with Crippen molar-refractivity contribution in [1.29, 1.82) is 0 Å². The SMILES string of the molecule is O=C(Nc1c(Cl)cc(Cl)cc1Cl)C1CSCN1. The van der Waals surface area contributed by atoms with E-state index in [2.05, 4.69) is 10.6 Å². The van der Waals surface area contributed by atoms with E-state index >= 15 is 0 Å². The Morgan fingerprint density at radius 2 is 2.00 bits per heavy atom. The smallest absolute Gasteiger partial charge is 0.242 e. The molecule has 1 aliphatic heterocycles. The van der Waals surface area contributed by atoms with Gasteiger partial charge in [0.05, 0.1) is 21.8 Å². The quantitative estimate of drug-likeness (QED) is 0.881. The van der Waals surface area contributed by atoms with E-state index in [4.69, 9.17) is 34.8 Å². The normalized spacial score (nSPS) is 19.4. The Morgan fingerprint density at radius 1 is 1.35 bits per heavy atom. The van der Waals surface area contributed by atoms with Crippen molar-refractivity contribution in [2.45, 2.75) is 6.04 Å². The maximum Gasteiger partial charge on any atom is 0.242 e. The lowest BCUT2D eigenvalue weighted by atomic mass is 10.2. The molecule has 1 amide bonds. The van der Waals surface area contributed by atoms with Gasteiger partial charge in [-0.3, -0.25) is 10.1 Å². The molecule has 1 saturated heterocycles. The fourth-order valence-electron chi connectivity index (χ4n) is 1.44. The Bertz CT molecular complexity index is 426. The maximum absolute atomic E-state index is 11.9. The van der Waals surface area contributed by atoms with Crippen LogP contribution in [0.2, 0.25) is 15.1 Å². The second-order valence-corrected chi connectivity index (χ2v) is 5.79. The molecule has 1 unspecified atom stereocenters.